The number of nitrogens with one attached hydrogen (secondary N) is 1. The lowest BCUT2D eigenvalue weighted by molar-refractivity contribution is 0.163. The molecule has 1 atom stereocenters. The molecule has 1 aliphatic rings. The Morgan fingerprint density at radius 3 is 3.05 bits per heavy atom. The van der Waals surface area contributed by atoms with Crippen molar-refractivity contribution in [3.8, 4) is 0 Å². The van der Waals surface area contributed by atoms with Crippen molar-refractivity contribution in [1.29, 1.82) is 0 Å². The zero-order valence-electron chi connectivity index (χ0n) is 11.9. The molecule has 1 aromatic rings. The lowest BCUT2D eigenvalue weighted by atomic mass is 9.97. The van der Waals surface area contributed by atoms with Gasteiger partial charge in [0.2, 0.25) is 0 Å². The number of rotatable bonds is 5. The fourth-order valence-corrected chi connectivity index (χ4v) is 2.66. The van der Waals surface area contributed by atoms with Crippen molar-refractivity contribution >= 4 is 0 Å². The fourth-order valence-electron chi connectivity index (χ4n) is 2.66. The van der Waals surface area contributed by atoms with E-state index < -0.39 is 0 Å². The van der Waals surface area contributed by atoms with Gasteiger partial charge in [0.25, 0.3) is 0 Å². The molecule has 0 bridgehead atoms. The molecule has 1 unspecified atom stereocenters. The number of pyridine rings is 1. The number of likely N-dealkylation sites (tertiary alicyclic amines) is 1. The average Bonchev–Trinajstić information content (AvgIpc) is 2.37. The van der Waals surface area contributed by atoms with Crippen molar-refractivity contribution < 1.29 is 4.39 Å². The molecule has 19 heavy (non-hydrogen) atoms. The van der Waals surface area contributed by atoms with E-state index in [9.17, 15) is 4.39 Å². The first-order chi connectivity index (χ1) is 9.13. The van der Waals surface area contributed by atoms with Crippen molar-refractivity contribution in [3.05, 3.63) is 29.8 Å². The van der Waals surface area contributed by atoms with Crippen LogP contribution in [0.2, 0.25) is 0 Å². The van der Waals surface area contributed by atoms with Crippen LogP contribution < -0.4 is 5.32 Å². The maximum Gasteiger partial charge on any atom is 0.141 e. The van der Waals surface area contributed by atoms with Crippen molar-refractivity contribution in [1.82, 2.24) is 15.2 Å². The molecule has 1 N–H and O–H groups in total. The van der Waals surface area contributed by atoms with Crippen LogP contribution in [0.15, 0.2) is 18.5 Å². The van der Waals surface area contributed by atoms with Crippen molar-refractivity contribution in [2.45, 2.75) is 39.3 Å². The molecule has 1 fully saturated rings. The number of hydrogen-bond acceptors (Lipinski definition) is 3. The van der Waals surface area contributed by atoms with Crippen LogP contribution in [-0.4, -0.2) is 35.6 Å². The lowest BCUT2D eigenvalue weighted by Crippen LogP contribution is -2.40. The van der Waals surface area contributed by atoms with E-state index in [0.29, 0.717) is 12.0 Å². The summed E-state index contributed by atoms with van der Waals surface area (Å²) >= 11 is 0. The number of nitrogens with zero attached hydrogens (tertiary/aromatic N) is 2. The molecule has 0 radical (unpaired) electrons. The van der Waals surface area contributed by atoms with Gasteiger partial charge >= 0.3 is 0 Å². The molecule has 1 saturated heterocycles. The van der Waals surface area contributed by atoms with Gasteiger partial charge < -0.3 is 5.32 Å². The summed E-state index contributed by atoms with van der Waals surface area (Å²) in [6.45, 7) is 8.45. The molecule has 0 aromatic carbocycles. The third kappa shape index (κ3) is 4.88. The Bertz CT molecular complexity index is 395. The highest BCUT2D eigenvalue weighted by atomic mass is 19.1. The van der Waals surface area contributed by atoms with Crippen LogP contribution in [-0.2, 0) is 6.54 Å². The van der Waals surface area contributed by atoms with Gasteiger partial charge in [-0.25, -0.2) is 4.39 Å². The van der Waals surface area contributed by atoms with Gasteiger partial charge in [0.1, 0.15) is 5.82 Å². The largest absolute Gasteiger partial charge is 0.314 e. The smallest absolute Gasteiger partial charge is 0.141 e. The van der Waals surface area contributed by atoms with Gasteiger partial charge in [-0.3, -0.25) is 9.88 Å². The zero-order valence-corrected chi connectivity index (χ0v) is 11.9. The third-order valence-corrected chi connectivity index (χ3v) is 3.59. The number of hydrogen-bond donors (Lipinski definition) is 1. The maximum atomic E-state index is 13.1. The van der Waals surface area contributed by atoms with Crippen LogP contribution in [0.4, 0.5) is 4.39 Å². The fraction of sp³-hybridized carbons (Fsp3) is 0.667. The number of piperidine rings is 1. The van der Waals surface area contributed by atoms with Gasteiger partial charge in [-0.15, -0.1) is 0 Å². The van der Waals surface area contributed by atoms with Crippen molar-refractivity contribution in [2.24, 2.45) is 5.92 Å². The van der Waals surface area contributed by atoms with E-state index in [1.54, 1.807) is 12.3 Å². The standard InChI is InChI=1S/C15H24FN3/c1-12(2)18-8-13-4-3-5-19(10-13)11-14-6-15(16)9-17-7-14/h6-7,9,12-13,18H,3-5,8,10-11H2,1-2H3. The molecular formula is C15H24FN3. The lowest BCUT2D eigenvalue weighted by Gasteiger charge is -2.33. The van der Waals surface area contributed by atoms with Gasteiger partial charge in [-0.2, -0.15) is 0 Å². The molecule has 2 rings (SSSR count). The Morgan fingerprint density at radius 1 is 1.47 bits per heavy atom. The van der Waals surface area contributed by atoms with Crippen molar-refractivity contribution in [3.63, 3.8) is 0 Å². The molecule has 2 heterocycles. The van der Waals surface area contributed by atoms with Gasteiger partial charge in [0.05, 0.1) is 6.20 Å². The predicted molar refractivity (Wildman–Crippen MR) is 75.3 cm³/mol. The highest BCUT2D eigenvalue weighted by molar-refractivity contribution is 5.10. The number of aromatic nitrogens is 1. The highest BCUT2D eigenvalue weighted by Gasteiger charge is 2.20. The summed E-state index contributed by atoms with van der Waals surface area (Å²) in [7, 11) is 0. The Hall–Kier alpha value is -1.00. The Morgan fingerprint density at radius 2 is 2.32 bits per heavy atom. The normalized spacial score (nSPS) is 20.9. The zero-order chi connectivity index (χ0) is 13.7. The molecule has 0 amide bonds. The monoisotopic (exact) mass is 265 g/mol. The summed E-state index contributed by atoms with van der Waals surface area (Å²) < 4.78 is 13.1. The minimum absolute atomic E-state index is 0.243. The van der Waals surface area contributed by atoms with Crippen LogP contribution in [0, 0.1) is 11.7 Å². The van der Waals surface area contributed by atoms with Gasteiger partial charge in [0, 0.05) is 25.3 Å². The molecule has 106 valence electrons. The van der Waals surface area contributed by atoms with Gasteiger partial charge in [0.15, 0.2) is 0 Å². The second kappa shape index (κ2) is 6.96. The molecule has 3 nitrogen and oxygen atoms in total. The van der Waals surface area contributed by atoms with E-state index in [0.717, 1.165) is 31.7 Å². The van der Waals surface area contributed by atoms with E-state index in [4.69, 9.17) is 0 Å². The van der Waals surface area contributed by atoms with Crippen LogP contribution in [0.25, 0.3) is 0 Å². The maximum absolute atomic E-state index is 13.1. The quantitative estimate of drug-likeness (QED) is 0.886. The summed E-state index contributed by atoms with van der Waals surface area (Å²) in [5.41, 5.74) is 0.970. The molecule has 0 saturated carbocycles. The van der Waals surface area contributed by atoms with E-state index >= 15 is 0 Å². The van der Waals surface area contributed by atoms with Crippen LogP contribution in [0.5, 0.6) is 0 Å². The van der Waals surface area contributed by atoms with Crippen LogP contribution in [0.1, 0.15) is 32.3 Å². The Kier molecular flexibility index (Phi) is 5.28. The van der Waals surface area contributed by atoms with E-state index in [1.165, 1.54) is 19.0 Å². The van der Waals surface area contributed by atoms with Crippen LogP contribution >= 0.6 is 0 Å². The summed E-state index contributed by atoms with van der Waals surface area (Å²) in [5, 5.41) is 3.51. The van der Waals surface area contributed by atoms with E-state index in [1.807, 2.05) is 0 Å². The van der Waals surface area contributed by atoms with E-state index in [2.05, 4.69) is 29.0 Å². The molecule has 0 aliphatic carbocycles. The van der Waals surface area contributed by atoms with Gasteiger partial charge in [-0.05, 0) is 43.5 Å². The summed E-state index contributed by atoms with van der Waals surface area (Å²) in [6.07, 6.45) is 5.54. The second-order valence-corrected chi connectivity index (χ2v) is 5.82. The third-order valence-electron chi connectivity index (χ3n) is 3.59. The highest BCUT2D eigenvalue weighted by Crippen LogP contribution is 2.18. The molecular weight excluding hydrogens is 241 g/mol. The first-order valence-corrected chi connectivity index (χ1v) is 7.18. The van der Waals surface area contributed by atoms with Crippen LogP contribution in [0.3, 0.4) is 0 Å². The minimum atomic E-state index is -0.243. The second-order valence-electron chi connectivity index (χ2n) is 5.82. The molecule has 4 heteroatoms. The SMILES string of the molecule is CC(C)NCC1CCCN(Cc2cncc(F)c2)C1. The minimum Gasteiger partial charge on any atom is -0.314 e. The Labute approximate surface area is 115 Å². The van der Waals surface area contributed by atoms with E-state index in [-0.39, 0.29) is 5.82 Å². The average molecular weight is 265 g/mol. The molecule has 1 aliphatic heterocycles. The summed E-state index contributed by atoms with van der Waals surface area (Å²) in [6, 6.07) is 2.13. The summed E-state index contributed by atoms with van der Waals surface area (Å²) in [4.78, 5) is 6.32. The molecule has 0 spiro atoms. The Balaban J connectivity index is 1.83. The first-order valence-electron chi connectivity index (χ1n) is 7.18. The topological polar surface area (TPSA) is 28.2 Å². The van der Waals surface area contributed by atoms with Crippen molar-refractivity contribution in [2.75, 3.05) is 19.6 Å². The first kappa shape index (κ1) is 14.4. The van der Waals surface area contributed by atoms with Gasteiger partial charge in [-0.1, -0.05) is 13.8 Å². The summed E-state index contributed by atoms with van der Waals surface area (Å²) in [5.74, 6) is 0.463. The number of halogens is 1. The molecule has 1 aromatic heterocycles. The predicted octanol–water partition coefficient (Wildman–Crippen LogP) is 2.43.